The van der Waals surface area contributed by atoms with E-state index in [9.17, 15) is 5.11 Å². The van der Waals surface area contributed by atoms with E-state index in [1.807, 2.05) is 29.0 Å². The Labute approximate surface area is 113 Å². The fraction of sp³-hybridized carbons (Fsp3) is 0.533. The van der Waals surface area contributed by atoms with Crippen molar-refractivity contribution in [1.82, 2.24) is 14.9 Å². The summed E-state index contributed by atoms with van der Waals surface area (Å²) in [7, 11) is 0. The Morgan fingerprint density at radius 2 is 2.32 bits per heavy atom. The van der Waals surface area contributed by atoms with E-state index in [2.05, 4.69) is 16.5 Å². The van der Waals surface area contributed by atoms with Crippen LogP contribution in [0.1, 0.15) is 31.2 Å². The Morgan fingerprint density at radius 3 is 3.21 bits per heavy atom. The second kappa shape index (κ2) is 5.72. The average Bonchev–Trinajstić information content (AvgIpc) is 2.83. The number of fused-ring (bicyclic) bond motifs is 1. The summed E-state index contributed by atoms with van der Waals surface area (Å²) in [4.78, 5) is 0. The lowest BCUT2D eigenvalue weighted by Gasteiger charge is -2.25. The van der Waals surface area contributed by atoms with E-state index in [0.29, 0.717) is 5.92 Å². The molecular weight excluding hydrogens is 238 g/mol. The molecule has 0 saturated heterocycles. The maximum atomic E-state index is 9.66. The molecule has 0 amide bonds. The number of pyridine rings is 1. The largest absolute Gasteiger partial charge is 0.393 e. The molecule has 2 unspecified atom stereocenters. The topological polar surface area (TPSA) is 49.6 Å². The predicted molar refractivity (Wildman–Crippen MR) is 74.9 cm³/mol. The van der Waals surface area contributed by atoms with Gasteiger partial charge in [-0.3, -0.25) is 0 Å². The molecule has 19 heavy (non-hydrogen) atoms. The van der Waals surface area contributed by atoms with Crippen molar-refractivity contribution in [3.63, 3.8) is 0 Å². The summed E-state index contributed by atoms with van der Waals surface area (Å²) in [5.41, 5.74) is 2.40. The Morgan fingerprint density at radius 1 is 1.37 bits per heavy atom. The van der Waals surface area contributed by atoms with Crippen molar-refractivity contribution in [3.05, 3.63) is 36.2 Å². The lowest BCUT2D eigenvalue weighted by Crippen LogP contribution is -2.28. The highest BCUT2D eigenvalue weighted by Crippen LogP contribution is 2.23. The van der Waals surface area contributed by atoms with Crippen molar-refractivity contribution in [1.29, 1.82) is 0 Å². The quantitative estimate of drug-likeness (QED) is 0.882. The summed E-state index contributed by atoms with van der Waals surface area (Å²) in [6.45, 7) is 1.83. The van der Waals surface area contributed by atoms with Crippen LogP contribution < -0.4 is 5.32 Å². The van der Waals surface area contributed by atoms with Crippen LogP contribution in [0.2, 0.25) is 0 Å². The van der Waals surface area contributed by atoms with Crippen LogP contribution in [0.3, 0.4) is 0 Å². The Kier molecular flexibility index (Phi) is 3.80. The number of aromatic nitrogens is 2. The fourth-order valence-corrected chi connectivity index (χ4v) is 2.98. The highest BCUT2D eigenvalue weighted by molar-refractivity contribution is 5.53. The predicted octanol–water partition coefficient (Wildman–Crippen LogP) is 1.97. The van der Waals surface area contributed by atoms with E-state index < -0.39 is 0 Å². The van der Waals surface area contributed by atoms with Crippen molar-refractivity contribution < 1.29 is 5.11 Å². The van der Waals surface area contributed by atoms with Crippen LogP contribution in [0.5, 0.6) is 0 Å². The van der Waals surface area contributed by atoms with Gasteiger partial charge in [0.1, 0.15) is 0 Å². The Bertz CT molecular complexity index is 537. The minimum Gasteiger partial charge on any atom is -0.393 e. The normalized spacial score (nSPS) is 23.8. The molecule has 2 N–H and O–H groups in total. The number of nitrogens with zero attached hydrogens (tertiary/aromatic N) is 2. The monoisotopic (exact) mass is 259 g/mol. The molecule has 2 aromatic heterocycles. The maximum absolute atomic E-state index is 9.66. The summed E-state index contributed by atoms with van der Waals surface area (Å²) in [6.07, 6.45) is 8.13. The lowest BCUT2D eigenvalue weighted by atomic mass is 9.87. The van der Waals surface area contributed by atoms with Crippen LogP contribution >= 0.6 is 0 Å². The number of rotatable bonds is 4. The molecule has 1 aliphatic carbocycles. The van der Waals surface area contributed by atoms with Gasteiger partial charge in [-0.05, 0) is 43.9 Å². The first-order chi connectivity index (χ1) is 9.33. The molecule has 0 aliphatic heterocycles. The number of nitrogens with one attached hydrogen (secondary N) is 1. The summed E-state index contributed by atoms with van der Waals surface area (Å²) in [5, 5.41) is 17.5. The molecule has 2 aromatic rings. The molecule has 2 atom stereocenters. The minimum atomic E-state index is -0.0856. The average molecular weight is 259 g/mol. The van der Waals surface area contributed by atoms with Gasteiger partial charge in [0.15, 0.2) is 0 Å². The zero-order chi connectivity index (χ0) is 13.1. The molecule has 0 radical (unpaired) electrons. The van der Waals surface area contributed by atoms with E-state index in [1.54, 1.807) is 0 Å². The molecule has 4 heteroatoms. The van der Waals surface area contributed by atoms with Crippen molar-refractivity contribution in [2.75, 3.05) is 6.54 Å². The molecule has 4 nitrogen and oxygen atoms in total. The summed E-state index contributed by atoms with van der Waals surface area (Å²) in [5.74, 6) is 0.616. The van der Waals surface area contributed by atoms with Crippen LogP contribution in [0.25, 0.3) is 5.52 Å². The lowest BCUT2D eigenvalue weighted by molar-refractivity contribution is 0.101. The third kappa shape index (κ3) is 2.96. The van der Waals surface area contributed by atoms with Gasteiger partial charge >= 0.3 is 0 Å². The zero-order valence-electron chi connectivity index (χ0n) is 11.1. The van der Waals surface area contributed by atoms with Crippen LogP contribution in [-0.4, -0.2) is 27.4 Å². The fourth-order valence-electron chi connectivity index (χ4n) is 2.98. The third-order valence-electron chi connectivity index (χ3n) is 4.01. The molecule has 0 spiro atoms. The zero-order valence-corrected chi connectivity index (χ0v) is 11.1. The van der Waals surface area contributed by atoms with E-state index >= 15 is 0 Å². The second-order valence-corrected chi connectivity index (χ2v) is 5.52. The van der Waals surface area contributed by atoms with Gasteiger partial charge in [0, 0.05) is 18.3 Å². The van der Waals surface area contributed by atoms with E-state index in [1.165, 1.54) is 17.5 Å². The van der Waals surface area contributed by atoms with Gasteiger partial charge in [0.2, 0.25) is 0 Å². The standard InChI is InChI=1S/C15H21N3O/c19-14-5-3-4-12(8-14)9-16-10-13-11-17-18-7-2-1-6-15(13)18/h1-2,6-7,11-12,14,16,19H,3-5,8-10H2. The van der Waals surface area contributed by atoms with Crippen LogP contribution in [-0.2, 0) is 6.54 Å². The van der Waals surface area contributed by atoms with E-state index in [0.717, 1.165) is 32.4 Å². The van der Waals surface area contributed by atoms with Gasteiger partial charge in [0.25, 0.3) is 0 Å². The SMILES string of the molecule is OC1CCCC(CNCc2cnn3ccccc23)C1. The van der Waals surface area contributed by atoms with Gasteiger partial charge in [-0.25, -0.2) is 4.52 Å². The number of hydrogen-bond donors (Lipinski definition) is 2. The Hall–Kier alpha value is -1.39. The van der Waals surface area contributed by atoms with Gasteiger partial charge in [-0.2, -0.15) is 5.10 Å². The van der Waals surface area contributed by atoms with Crippen molar-refractivity contribution in [3.8, 4) is 0 Å². The highest BCUT2D eigenvalue weighted by atomic mass is 16.3. The number of hydrogen-bond acceptors (Lipinski definition) is 3. The van der Waals surface area contributed by atoms with Gasteiger partial charge in [-0.1, -0.05) is 12.5 Å². The Balaban J connectivity index is 1.55. The molecule has 1 fully saturated rings. The van der Waals surface area contributed by atoms with Crippen LogP contribution in [0.15, 0.2) is 30.6 Å². The van der Waals surface area contributed by atoms with Crippen LogP contribution in [0, 0.1) is 5.92 Å². The van der Waals surface area contributed by atoms with Crippen molar-refractivity contribution >= 4 is 5.52 Å². The second-order valence-electron chi connectivity index (χ2n) is 5.52. The minimum absolute atomic E-state index is 0.0856. The number of aliphatic hydroxyl groups is 1. The first kappa shape index (κ1) is 12.6. The van der Waals surface area contributed by atoms with Gasteiger partial charge < -0.3 is 10.4 Å². The molecular formula is C15H21N3O. The first-order valence-corrected chi connectivity index (χ1v) is 7.13. The van der Waals surface area contributed by atoms with Crippen molar-refractivity contribution in [2.24, 2.45) is 5.92 Å². The molecule has 1 aliphatic rings. The third-order valence-corrected chi connectivity index (χ3v) is 4.01. The van der Waals surface area contributed by atoms with Crippen molar-refractivity contribution in [2.45, 2.75) is 38.3 Å². The summed E-state index contributed by atoms with van der Waals surface area (Å²) in [6, 6.07) is 6.12. The maximum Gasteiger partial charge on any atom is 0.0706 e. The highest BCUT2D eigenvalue weighted by Gasteiger charge is 2.19. The molecule has 0 aromatic carbocycles. The van der Waals surface area contributed by atoms with Gasteiger partial charge in [0.05, 0.1) is 17.8 Å². The first-order valence-electron chi connectivity index (χ1n) is 7.13. The molecule has 102 valence electrons. The van der Waals surface area contributed by atoms with Gasteiger partial charge in [-0.15, -0.1) is 0 Å². The summed E-state index contributed by atoms with van der Waals surface area (Å²) >= 11 is 0. The molecule has 3 rings (SSSR count). The smallest absolute Gasteiger partial charge is 0.0706 e. The molecule has 0 bridgehead atoms. The molecule has 1 saturated carbocycles. The molecule has 2 heterocycles. The number of aliphatic hydroxyl groups excluding tert-OH is 1. The van der Waals surface area contributed by atoms with Crippen LogP contribution in [0.4, 0.5) is 0 Å². The van der Waals surface area contributed by atoms with E-state index in [4.69, 9.17) is 0 Å². The summed E-state index contributed by atoms with van der Waals surface area (Å²) < 4.78 is 1.90. The van der Waals surface area contributed by atoms with E-state index in [-0.39, 0.29) is 6.10 Å².